The molecule has 11 nitrogen and oxygen atoms in total. The maximum absolute atomic E-state index is 13.9. The molecule has 5 atom stereocenters. The molecule has 11 heteroatoms. The molecule has 1 saturated carbocycles. The van der Waals surface area contributed by atoms with E-state index < -0.39 is 58.0 Å². The van der Waals surface area contributed by atoms with E-state index in [1.807, 2.05) is 6.92 Å². The van der Waals surface area contributed by atoms with Crippen LogP contribution in [0.15, 0.2) is 23.0 Å². The molecule has 0 heterocycles. The van der Waals surface area contributed by atoms with Crippen molar-refractivity contribution in [3.05, 3.63) is 39.7 Å². The van der Waals surface area contributed by atoms with Crippen LogP contribution in [0.5, 0.6) is 11.5 Å². The first kappa shape index (κ1) is 27.6. The monoisotopic (exact) mass is 529 g/mol. The number of phenolic OH excluding ortho intramolecular Hbond substituents is 1. The number of carbonyl (C=O) groups is 3. The summed E-state index contributed by atoms with van der Waals surface area (Å²) in [4.78, 5) is 40.6. The van der Waals surface area contributed by atoms with Gasteiger partial charge < -0.3 is 36.2 Å². The number of hydrogen-bond acceptors (Lipinski definition) is 10. The maximum Gasteiger partial charge on any atom is 0.255 e. The van der Waals surface area contributed by atoms with Gasteiger partial charge in [-0.3, -0.25) is 19.3 Å². The standard InChI is InChI=1S/C27H35N3O8/c1-6-7-15(29-2)12-10-16(31)18-13(23(12)38-5)8-11-9-14-20(30(3)4)22(33)19(26(28)36)25(35)27(14,37)24(34)17(11)21(18)32/h10-11,14-15,20,29,31-32,35,37H,6-9H2,1-5H3,(H2,28,36)/t11-,14-,15?,20-,27-/m0/s1. The van der Waals surface area contributed by atoms with Gasteiger partial charge in [-0.2, -0.15) is 0 Å². The topological polar surface area (TPSA) is 183 Å². The number of aliphatic hydroxyl groups excluding tert-OH is 2. The van der Waals surface area contributed by atoms with Gasteiger partial charge in [-0.05, 0) is 52.4 Å². The number of nitrogens with zero attached hydrogens (tertiary/aromatic N) is 1. The van der Waals surface area contributed by atoms with E-state index in [0.29, 0.717) is 16.9 Å². The lowest BCUT2D eigenvalue weighted by molar-refractivity contribution is -0.153. The van der Waals surface area contributed by atoms with E-state index in [4.69, 9.17) is 10.5 Å². The average molecular weight is 530 g/mol. The molecule has 1 fully saturated rings. The molecule has 0 saturated heterocycles. The molecule has 3 aliphatic rings. The van der Waals surface area contributed by atoms with Crippen LogP contribution in [0.1, 0.15) is 48.9 Å². The fourth-order valence-corrected chi connectivity index (χ4v) is 6.56. The Labute approximate surface area is 220 Å². The van der Waals surface area contributed by atoms with Gasteiger partial charge >= 0.3 is 0 Å². The van der Waals surface area contributed by atoms with Crippen LogP contribution in [0.3, 0.4) is 0 Å². The first-order chi connectivity index (χ1) is 17.9. The molecule has 0 radical (unpaired) electrons. The van der Waals surface area contributed by atoms with Crippen molar-refractivity contribution in [3.8, 4) is 11.5 Å². The molecule has 0 bridgehead atoms. The van der Waals surface area contributed by atoms with Gasteiger partial charge in [0.1, 0.15) is 28.6 Å². The highest BCUT2D eigenvalue weighted by Crippen LogP contribution is 2.54. The molecule has 0 aliphatic heterocycles. The number of ether oxygens (including phenoxy) is 1. The lowest BCUT2D eigenvalue weighted by Gasteiger charge is -2.50. The van der Waals surface area contributed by atoms with Crippen molar-refractivity contribution < 1.29 is 39.5 Å². The second-order valence-corrected chi connectivity index (χ2v) is 10.5. The number of rotatable bonds is 7. The van der Waals surface area contributed by atoms with Crippen molar-refractivity contribution in [2.75, 3.05) is 28.3 Å². The van der Waals surface area contributed by atoms with Gasteiger partial charge in [0, 0.05) is 28.7 Å². The number of nitrogens with two attached hydrogens (primary N) is 1. The summed E-state index contributed by atoms with van der Waals surface area (Å²) in [5.41, 5.74) is 2.87. The highest BCUT2D eigenvalue weighted by atomic mass is 16.5. The summed E-state index contributed by atoms with van der Waals surface area (Å²) in [6, 6.07) is 0.216. The summed E-state index contributed by atoms with van der Waals surface area (Å²) < 4.78 is 5.76. The van der Waals surface area contributed by atoms with Crippen molar-refractivity contribution >= 4 is 23.2 Å². The molecule has 4 rings (SSSR count). The number of likely N-dealkylation sites (N-methyl/N-ethyl adjacent to an activating group) is 1. The number of hydrogen-bond donors (Lipinski definition) is 6. The Morgan fingerprint density at radius 1 is 1.29 bits per heavy atom. The van der Waals surface area contributed by atoms with Crippen LogP contribution >= 0.6 is 0 Å². The molecular formula is C27H35N3O8. The highest BCUT2D eigenvalue weighted by Gasteiger charge is 2.64. The Kier molecular flexibility index (Phi) is 7.06. The molecule has 1 aromatic rings. The molecule has 1 unspecified atom stereocenters. The number of fused-ring (bicyclic) bond motifs is 3. The Hall–Kier alpha value is -3.41. The molecule has 0 spiro atoms. The number of methoxy groups -OCH3 is 1. The Balaban J connectivity index is 1.97. The van der Waals surface area contributed by atoms with Crippen molar-refractivity contribution in [3.63, 3.8) is 0 Å². The van der Waals surface area contributed by atoms with Crippen LogP contribution in [0.4, 0.5) is 0 Å². The molecule has 206 valence electrons. The number of aliphatic hydroxyl groups is 3. The normalized spacial score (nSPS) is 27.7. The van der Waals surface area contributed by atoms with Crippen molar-refractivity contribution in [2.45, 2.75) is 50.3 Å². The Bertz CT molecular complexity index is 1280. The summed E-state index contributed by atoms with van der Waals surface area (Å²) in [6.07, 6.45) is 1.81. The summed E-state index contributed by atoms with van der Waals surface area (Å²) >= 11 is 0. The fourth-order valence-electron chi connectivity index (χ4n) is 6.56. The maximum atomic E-state index is 13.9. The lowest BCUT2D eigenvalue weighted by atomic mass is 9.57. The van der Waals surface area contributed by atoms with E-state index in [-0.39, 0.29) is 35.8 Å². The van der Waals surface area contributed by atoms with Gasteiger partial charge in [-0.25, -0.2) is 0 Å². The van der Waals surface area contributed by atoms with Crippen molar-refractivity contribution in [1.82, 2.24) is 10.2 Å². The minimum absolute atomic E-state index is 0.00763. The zero-order valence-electron chi connectivity index (χ0n) is 22.2. The molecule has 0 aromatic heterocycles. The van der Waals surface area contributed by atoms with Gasteiger partial charge in [-0.15, -0.1) is 0 Å². The zero-order valence-corrected chi connectivity index (χ0v) is 22.2. The summed E-state index contributed by atoms with van der Waals surface area (Å²) in [5, 5.41) is 48.2. The SMILES string of the molecule is CCCC(NC)c1cc(O)c2c(c1OC)C[C@H]1C[C@H]3[C@H](N(C)C)C(=O)C(C(N)=O)=C(O)[C@@]3(O)C(=O)C1=C2O. The van der Waals surface area contributed by atoms with Crippen molar-refractivity contribution in [2.24, 2.45) is 17.6 Å². The zero-order chi connectivity index (χ0) is 28.3. The highest BCUT2D eigenvalue weighted by molar-refractivity contribution is 6.24. The second kappa shape index (κ2) is 9.72. The first-order valence-electron chi connectivity index (χ1n) is 12.6. The number of nitrogens with one attached hydrogen (secondary N) is 1. The third-order valence-electron chi connectivity index (χ3n) is 8.21. The number of carbonyl (C=O) groups excluding carboxylic acids is 3. The number of amides is 1. The average Bonchev–Trinajstić information content (AvgIpc) is 2.84. The molecule has 38 heavy (non-hydrogen) atoms. The third-order valence-corrected chi connectivity index (χ3v) is 8.21. The van der Waals surface area contributed by atoms with Crippen LogP contribution in [0.25, 0.3) is 5.76 Å². The van der Waals surface area contributed by atoms with Crippen LogP contribution in [-0.2, 0) is 20.8 Å². The van der Waals surface area contributed by atoms with E-state index in [9.17, 15) is 34.8 Å². The summed E-state index contributed by atoms with van der Waals surface area (Å²) in [6.45, 7) is 2.03. The van der Waals surface area contributed by atoms with Crippen LogP contribution < -0.4 is 15.8 Å². The largest absolute Gasteiger partial charge is 0.508 e. The Morgan fingerprint density at radius 3 is 2.47 bits per heavy atom. The quantitative estimate of drug-likeness (QED) is 0.279. The molecule has 1 amide bonds. The molecule has 7 N–H and O–H groups in total. The lowest BCUT2D eigenvalue weighted by Crippen LogP contribution is -2.65. The molecular weight excluding hydrogens is 494 g/mol. The number of primary amides is 1. The molecule has 1 aromatic carbocycles. The summed E-state index contributed by atoms with van der Waals surface area (Å²) in [5.74, 6) is -6.34. The number of ketones is 2. The van der Waals surface area contributed by atoms with Gasteiger partial charge in [0.05, 0.1) is 18.7 Å². The number of phenols is 1. The van der Waals surface area contributed by atoms with E-state index in [2.05, 4.69) is 5.32 Å². The minimum atomic E-state index is -2.66. The van der Waals surface area contributed by atoms with E-state index in [1.165, 1.54) is 18.1 Å². The van der Waals surface area contributed by atoms with Gasteiger partial charge in [0.2, 0.25) is 5.78 Å². The number of benzene rings is 1. The van der Waals surface area contributed by atoms with Gasteiger partial charge in [0.15, 0.2) is 11.4 Å². The second-order valence-electron chi connectivity index (χ2n) is 10.5. The minimum Gasteiger partial charge on any atom is -0.508 e. The van der Waals surface area contributed by atoms with Crippen molar-refractivity contribution in [1.29, 1.82) is 0 Å². The third kappa shape index (κ3) is 3.71. The number of aromatic hydroxyl groups is 1. The van der Waals surface area contributed by atoms with Crippen LogP contribution in [0, 0.1) is 11.8 Å². The van der Waals surface area contributed by atoms with E-state index in [0.717, 1.165) is 12.8 Å². The predicted molar refractivity (Wildman–Crippen MR) is 138 cm³/mol. The van der Waals surface area contributed by atoms with E-state index >= 15 is 0 Å². The number of Topliss-reactive ketones (excluding diaryl/α,β-unsaturated/α-hetero) is 2. The smallest absolute Gasteiger partial charge is 0.255 e. The van der Waals surface area contributed by atoms with Gasteiger partial charge in [0.25, 0.3) is 5.91 Å². The fraction of sp³-hybridized carbons (Fsp3) is 0.519. The predicted octanol–water partition coefficient (Wildman–Crippen LogP) is 1.03. The summed E-state index contributed by atoms with van der Waals surface area (Å²) in [7, 11) is 6.42. The van der Waals surface area contributed by atoms with E-state index in [1.54, 1.807) is 21.1 Å². The van der Waals surface area contributed by atoms with Crippen LogP contribution in [0.2, 0.25) is 0 Å². The van der Waals surface area contributed by atoms with Crippen LogP contribution in [-0.4, -0.2) is 82.7 Å². The Morgan fingerprint density at radius 2 is 1.95 bits per heavy atom. The molecule has 3 aliphatic carbocycles. The first-order valence-corrected chi connectivity index (χ1v) is 12.6. The van der Waals surface area contributed by atoms with Gasteiger partial charge in [-0.1, -0.05) is 13.3 Å².